The normalized spacial score (nSPS) is 17.0. The molecular weight excluding hydrogens is 969 g/mol. The Morgan fingerprint density at radius 3 is 1.55 bits per heavy atom. The van der Waals surface area contributed by atoms with E-state index in [0.717, 1.165) is 0 Å². The second kappa shape index (κ2) is 30.4. The predicted molar refractivity (Wildman–Crippen MR) is 278 cm³/mol. The van der Waals surface area contributed by atoms with E-state index >= 15 is 0 Å². The minimum absolute atomic E-state index is 0.0421. The van der Waals surface area contributed by atoms with Gasteiger partial charge in [-0.3, -0.25) is 43.2 Å². The van der Waals surface area contributed by atoms with Crippen LogP contribution in [-0.4, -0.2) is 142 Å². The number of nitrogens with two attached hydrogens (primary N) is 2. The van der Waals surface area contributed by atoms with Crippen LogP contribution in [0.4, 0.5) is 0 Å². The van der Waals surface area contributed by atoms with Gasteiger partial charge in [-0.1, -0.05) is 122 Å². The molecule has 13 N–H and O–H groups in total. The number of amides is 9. The third-order valence-corrected chi connectivity index (χ3v) is 13.2. The summed E-state index contributed by atoms with van der Waals surface area (Å²) in [6.45, 7) is 13.1. The molecule has 2 aromatic rings. The fraction of sp³-hybridized carbons (Fsp3) is 0.585. The van der Waals surface area contributed by atoms with E-state index in [1.165, 1.54) is 4.90 Å². The topological polar surface area (TPSA) is 351 Å². The lowest BCUT2D eigenvalue weighted by atomic mass is 9.97. The summed E-state index contributed by atoms with van der Waals surface area (Å²) >= 11 is 0. The van der Waals surface area contributed by atoms with Crippen LogP contribution in [0.5, 0.6) is 0 Å². The molecule has 0 radical (unpaired) electrons. The molecule has 1 heterocycles. The Kier molecular flexibility index (Phi) is 25.3. The molecule has 22 nitrogen and oxygen atoms in total. The smallest absolute Gasteiger partial charge is 0.326 e. The molecule has 10 atom stereocenters. The van der Waals surface area contributed by atoms with Crippen LogP contribution in [0, 0.1) is 23.7 Å². The Morgan fingerprint density at radius 2 is 1.07 bits per heavy atom. The second-order valence-electron chi connectivity index (χ2n) is 20.4. The zero-order chi connectivity index (χ0) is 56.1. The summed E-state index contributed by atoms with van der Waals surface area (Å²) in [6, 6.07) is 5.95. The highest BCUT2D eigenvalue weighted by atomic mass is 16.4. The number of primary amides is 1. The van der Waals surface area contributed by atoms with Crippen molar-refractivity contribution < 1.29 is 58.2 Å². The first-order chi connectivity index (χ1) is 35.4. The van der Waals surface area contributed by atoms with E-state index in [9.17, 15) is 58.2 Å². The molecular formula is C53H80N10O12. The van der Waals surface area contributed by atoms with Gasteiger partial charge in [0.25, 0.3) is 0 Å². The van der Waals surface area contributed by atoms with Crippen molar-refractivity contribution in [3.05, 3.63) is 71.8 Å². The summed E-state index contributed by atoms with van der Waals surface area (Å²) in [5.41, 5.74) is 13.0. The molecule has 0 saturated carbocycles. The molecule has 1 saturated heterocycles. The SMILES string of the molecule is CC[C@H](C)[C@H](N)C(=O)N[C@@H](CC(C)C)C(=O)N[C@@H](Cc1ccccc1)C(=O)N[C@@H](CCC(N)=O)C(=O)N[C@H](C(=O)N1CCC[C@H]1C(=O)N[C@@H](Cc1ccccc1)C(=O)N[C@@H](CO)C(=O)N[C@H](C(=O)O)C(C)C)C(C)C. The van der Waals surface area contributed by atoms with Crippen molar-refractivity contribution in [2.45, 2.75) is 161 Å². The summed E-state index contributed by atoms with van der Waals surface area (Å²) in [7, 11) is 0. The minimum Gasteiger partial charge on any atom is -0.480 e. The lowest BCUT2D eigenvalue weighted by molar-refractivity contribution is -0.144. The molecule has 2 aromatic carbocycles. The number of nitrogens with zero attached hydrogens (tertiary/aromatic N) is 1. The fourth-order valence-electron chi connectivity index (χ4n) is 8.45. The number of benzene rings is 2. The van der Waals surface area contributed by atoms with Gasteiger partial charge in [0.15, 0.2) is 0 Å². The summed E-state index contributed by atoms with van der Waals surface area (Å²) in [5, 5.41) is 38.0. The lowest BCUT2D eigenvalue weighted by Gasteiger charge is -2.32. The Labute approximate surface area is 439 Å². The predicted octanol–water partition coefficient (Wildman–Crippen LogP) is -0.0697. The van der Waals surface area contributed by atoms with E-state index in [0.29, 0.717) is 24.0 Å². The summed E-state index contributed by atoms with van der Waals surface area (Å²) in [6.07, 6.45) is 0.590. The van der Waals surface area contributed by atoms with Gasteiger partial charge in [-0.25, -0.2) is 4.79 Å². The Bertz CT molecular complexity index is 2270. The van der Waals surface area contributed by atoms with Crippen molar-refractivity contribution >= 4 is 59.1 Å². The number of nitrogens with one attached hydrogen (secondary N) is 7. The monoisotopic (exact) mass is 1050 g/mol. The molecule has 414 valence electrons. The fourth-order valence-corrected chi connectivity index (χ4v) is 8.45. The third kappa shape index (κ3) is 19.7. The van der Waals surface area contributed by atoms with Crippen molar-refractivity contribution in [2.75, 3.05) is 13.2 Å². The molecule has 75 heavy (non-hydrogen) atoms. The largest absolute Gasteiger partial charge is 0.480 e. The van der Waals surface area contributed by atoms with Crippen LogP contribution in [0.25, 0.3) is 0 Å². The van der Waals surface area contributed by atoms with Crippen LogP contribution >= 0.6 is 0 Å². The first kappa shape index (κ1) is 62.4. The highest BCUT2D eigenvalue weighted by Crippen LogP contribution is 2.22. The maximum atomic E-state index is 14.5. The molecule has 0 unspecified atom stereocenters. The minimum atomic E-state index is -1.58. The van der Waals surface area contributed by atoms with Crippen LogP contribution in [0.15, 0.2) is 60.7 Å². The van der Waals surface area contributed by atoms with Crippen molar-refractivity contribution in [3.8, 4) is 0 Å². The van der Waals surface area contributed by atoms with E-state index in [2.05, 4.69) is 37.2 Å². The molecule has 0 aromatic heterocycles. The van der Waals surface area contributed by atoms with E-state index in [1.807, 2.05) is 27.7 Å². The average molecular weight is 1050 g/mol. The highest BCUT2D eigenvalue weighted by molar-refractivity contribution is 5.98. The van der Waals surface area contributed by atoms with E-state index in [1.54, 1.807) is 88.4 Å². The number of carbonyl (C=O) groups is 10. The number of carboxylic acids is 1. The molecule has 3 rings (SSSR count). The second-order valence-corrected chi connectivity index (χ2v) is 20.4. The van der Waals surface area contributed by atoms with Crippen molar-refractivity contribution in [3.63, 3.8) is 0 Å². The van der Waals surface area contributed by atoms with Gasteiger partial charge in [-0.2, -0.15) is 0 Å². The van der Waals surface area contributed by atoms with E-state index in [4.69, 9.17) is 11.5 Å². The molecule has 0 bridgehead atoms. The number of aliphatic hydroxyl groups is 1. The molecule has 9 amide bonds. The highest BCUT2D eigenvalue weighted by Gasteiger charge is 2.41. The molecule has 22 heteroatoms. The van der Waals surface area contributed by atoms with Crippen molar-refractivity contribution in [1.82, 2.24) is 42.1 Å². The zero-order valence-corrected chi connectivity index (χ0v) is 44.4. The molecule has 1 fully saturated rings. The Balaban J connectivity index is 1.89. The maximum absolute atomic E-state index is 14.5. The standard InChI is InChI=1S/C53H80N10O12/c1-9-32(8)42(55)51(72)59-36(25-29(2)3)46(67)57-37(26-33-17-12-10-13-18-33)47(68)56-35(22-23-41(54)65)45(66)61-43(30(4)5)52(73)63-24-16-21-40(63)50(71)58-38(27-34-19-14-11-15-20-34)48(69)60-39(28-64)49(70)62-44(31(6)7)53(74)75/h10-15,17-20,29-32,35-40,42-44,64H,9,16,21-28,55H2,1-8H3,(H2,54,65)(H,56,68)(H,57,67)(H,58,71)(H,59,72)(H,60,69)(H,61,66)(H,62,70)(H,74,75)/t32-,35-,36-,37-,38-,39-,40-,42-,43-,44-/m0/s1. The van der Waals surface area contributed by atoms with E-state index < -0.39 is 132 Å². The van der Waals surface area contributed by atoms with Gasteiger partial charge in [0.2, 0.25) is 53.2 Å². The number of likely N-dealkylation sites (tertiary alicyclic amines) is 1. The lowest BCUT2D eigenvalue weighted by Crippen LogP contribution is -2.61. The summed E-state index contributed by atoms with van der Waals surface area (Å²) in [5.74, 6) is -9.56. The van der Waals surface area contributed by atoms with Crippen LogP contribution < -0.4 is 48.7 Å². The van der Waals surface area contributed by atoms with Crippen molar-refractivity contribution in [1.29, 1.82) is 0 Å². The van der Waals surface area contributed by atoms with Gasteiger partial charge in [-0.05, 0) is 60.5 Å². The zero-order valence-electron chi connectivity index (χ0n) is 44.4. The number of hydrogen-bond donors (Lipinski definition) is 11. The maximum Gasteiger partial charge on any atom is 0.326 e. The van der Waals surface area contributed by atoms with Crippen LogP contribution in [0.2, 0.25) is 0 Å². The van der Waals surface area contributed by atoms with Crippen LogP contribution in [-0.2, 0) is 60.8 Å². The van der Waals surface area contributed by atoms with Gasteiger partial charge in [0.1, 0.15) is 48.3 Å². The van der Waals surface area contributed by atoms with Crippen molar-refractivity contribution in [2.24, 2.45) is 35.1 Å². The summed E-state index contributed by atoms with van der Waals surface area (Å²) in [4.78, 5) is 137. The summed E-state index contributed by atoms with van der Waals surface area (Å²) < 4.78 is 0. The van der Waals surface area contributed by atoms with Crippen LogP contribution in [0.3, 0.4) is 0 Å². The third-order valence-electron chi connectivity index (χ3n) is 13.2. The number of aliphatic hydroxyl groups excluding tert-OH is 1. The first-order valence-corrected chi connectivity index (χ1v) is 25.8. The molecule has 0 aliphatic carbocycles. The first-order valence-electron chi connectivity index (χ1n) is 25.8. The Hall–Kier alpha value is -6.94. The number of rotatable bonds is 30. The van der Waals surface area contributed by atoms with Gasteiger partial charge in [-0.15, -0.1) is 0 Å². The Morgan fingerprint density at radius 1 is 0.613 bits per heavy atom. The van der Waals surface area contributed by atoms with Gasteiger partial charge < -0.3 is 63.8 Å². The van der Waals surface area contributed by atoms with Gasteiger partial charge >= 0.3 is 5.97 Å². The number of carbonyl (C=O) groups excluding carboxylic acids is 9. The quantitative estimate of drug-likeness (QED) is 0.0489. The van der Waals surface area contributed by atoms with Gasteiger partial charge in [0, 0.05) is 25.8 Å². The average Bonchev–Trinajstić information content (AvgIpc) is 3.87. The number of aliphatic carboxylic acids is 1. The van der Waals surface area contributed by atoms with Crippen LogP contribution in [0.1, 0.15) is 105 Å². The van der Waals surface area contributed by atoms with Gasteiger partial charge in [0.05, 0.1) is 12.6 Å². The molecule has 1 aliphatic rings. The van der Waals surface area contributed by atoms with E-state index in [-0.39, 0.29) is 56.9 Å². The number of hydrogen-bond acceptors (Lipinski definition) is 12. The molecule has 0 spiro atoms. The molecule has 1 aliphatic heterocycles. The number of carboxylic acid groups (broad SMARTS) is 1.